The van der Waals surface area contributed by atoms with Gasteiger partial charge in [-0.25, -0.2) is 0 Å². The third kappa shape index (κ3) is 4.96. The van der Waals surface area contributed by atoms with Crippen LogP contribution in [-0.2, 0) is 0 Å². The van der Waals surface area contributed by atoms with Crippen molar-refractivity contribution < 1.29 is 9.47 Å². The van der Waals surface area contributed by atoms with Crippen LogP contribution >= 0.6 is 12.2 Å². The van der Waals surface area contributed by atoms with Crippen molar-refractivity contribution in [3.63, 3.8) is 0 Å². The zero-order valence-electron chi connectivity index (χ0n) is 14.0. The molecule has 0 aliphatic carbocycles. The van der Waals surface area contributed by atoms with Gasteiger partial charge < -0.3 is 14.8 Å². The molecule has 2 rings (SSSR count). The van der Waals surface area contributed by atoms with Crippen LogP contribution < -0.4 is 20.2 Å². The highest BCUT2D eigenvalue weighted by Gasteiger charge is 2.04. The smallest absolute Gasteiger partial charge is 0.191 e. The molecule has 5 nitrogen and oxygen atoms in total. The summed E-state index contributed by atoms with van der Waals surface area (Å²) in [5, 5.41) is 7.76. The normalized spacial score (nSPS) is 10.9. The molecule has 126 valence electrons. The van der Waals surface area contributed by atoms with Crippen molar-refractivity contribution in [2.75, 3.05) is 19.0 Å². The summed E-state index contributed by atoms with van der Waals surface area (Å²) in [6.45, 7) is 4.52. The van der Waals surface area contributed by atoms with Crippen LogP contribution in [0, 0.1) is 0 Å². The van der Waals surface area contributed by atoms with Crippen LogP contribution in [-0.4, -0.2) is 24.5 Å². The molecule has 0 aliphatic heterocycles. The van der Waals surface area contributed by atoms with E-state index in [0.717, 1.165) is 22.7 Å². The highest BCUT2D eigenvalue weighted by atomic mass is 32.1. The third-order valence-corrected chi connectivity index (χ3v) is 3.46. The Balaban J connectivity index is 1.97. The van der Waals surface area contributed by atoms with Crippen molar-refractivity contribution in [1.82, 2.24) is 5.43 Å². The molecule has 0 aliphatic rings. The molecule has 2 N–H and O–H groups in total. The van der Waals surface area contributed by atoms with Gasteiger partial charge in [0.1, 0.15) is 11.5 Å². The van der Waals surface area contributed by atoms with Gasteiger partial charge in [-0.1, -0.05) is 12.1 Å². The Bertz CT molecular complexity index is 714. The zero-order valence-corrected chi connectivity index (χ0v) is 14.8. The fourth-order valence-corrected chi connectivity index (χ4v) is 2.21. The highest BCUT2D eigenvalue weighted by molar-refractivity contribution is 7.80. The van der Waals surface area contributed by atoms with E-state index in [4.69, 9.17) is 21.7 Å². The molecular formula is C18H21N3O2S. The maximum absolute atomic E-state index is 5.43. The van der Waals surface area contributed by atoms with Crippen LogP contribution in [0.25, 0.3) is 0 Å². The Labute approximate surface area is 147 Å². The summed E-state index contributed by atoms with van der Waals surface area (Å²) < 4.78 is 10.7. The number of rotatable bonds is 6. The Morgan fingerprint density at radius 2 is 1.83 bits per heavy atom. The quantitative estimate of drug-likeness (QED) is 0.475. The first-order chi connectivity index (χ1) is 11.6. The lowest BCUT2D eigenvalue weighted by Gasteiger charge is -2.11. The highest BCUT2D eigenvalue weighted by Crippen LogP contribution is 2.22. The molecule has 0 atom stereocenters. The maximum Gasteiger partial charge on any atom is 0.191 e. The van der Waals surface area contributed by atoms with E-state index in [1.54, 1.807) is 7.11 Å². The number of hydrogen-bond donors (Lipinski definition) is 2. The van der Waals surface area contributed by atoms with E-state index in [0.29, 0.717) is 17.5 Å². The van der Waals surface area contributed by atoms with Crippen LogP contribution in [0.4, 0.5) is 5.69 Å². The first-order valence-corrected chi connectivity index (χ1v) is 8.02. The molecule has 2 aromatic carbocycles. The Hall–Kier alpha value is -2.60. The summed E-state index contributed by atoms with van der Waals surface area (Å²) in [5.41, 5.74) is 5.44. The summed E-state index contributed by atoms with van der Waals surface area (Å²) in [6.07, 6.45) is 0. The second-order valence-electron chi connectivity index (χ2n) is 4.92. The van der Waals surface area contributed by atoms with E-state index in [1.165, 1.54) is 0 Å². The molecule has 0 saturated heterocycles. The average Bonchev–Trinajstić information content (AvgIpc) is 2.61. The predicted molar refractivity (Wildman–Crippen MR) is 102 cm³/mol. The predicted octanol–water partition coefficient (Wildman–Crippen LogP) is 3.80. The van der Waals surface area contributed by atoms with Crippen molar-refractivity contribution in [2.45, 2.75) is 13.8 Å². The van der Waals surface area contributed by atoms with Gasteiger partial charge >= 0.3 is 0 Å². The summed E-state index contributed by atoms with van der Waals surface area (Å²) in [4.78, 5) is 0. The number of methoxy groups -OCH3 is 1. The van der Waals surface area contributed by atoms with Gasteiger partial charge in [-0.15, -0.1) is 0 Å². The standard InChI is InChI=1S/C18H21N3O2S/c1-4-23-15-11-9-14(10-12-15)13(2)20-21-18(24)19-16-7-5-6-8-17(16)22-3/h5-12H,4H2,1-3H3,(H2,19,21,24)/b20-13-. The van der Waals surface area contributed by atoms with Crippen molar-refractivity contribution in [2.24, 2.45) is 5.10 Å². The lowest BCUT2D eigenvalue weighted by molar-refractivity contribution is 0.340. The van der Waals surface area contributed by atoms with E-state index in [2.05, 4.69) is 15.8 Å². The molecule has 6 heteroatoms. The minimum Gasteiger partial charge on any atom is -0.495 e. The average molecular weight is 343 g/mol. The fourth-order valence-electron chi connectivity index (χ4n) is 2.06. The second-order valence-corrected chi connectivity index (χ2v) is 5.33. The van der Waals surface area contributed by atoms with E-state index >= 15 is 0 Å². The first-order valence-electron chi connectivity index (χ1n) is 7.61. The topological polar surface area (TPSA) is 54.9 Å². The molecule has 0 heterocycles. The van der Waals surface area contributed by atoms with Crippen LogP contribution in [0.3, 0.4) is 0 Å². The number of para-hydroxylation sites is 2. The lowest BCUT2D eigenvalue weighted by Crippen LogP contribution is -2.25. The van der Waals surface area contributed by atoms with Gasteiger partial charge in [-0.3, -0.25) is 5.43 Å². The molecule has 0 saturated carbocycles. The molecule has 0 aromatic heterocycles. The van der Waals surface area contributed by atoms with E-state index in [9.17, 15) is 0 Å². The van der Waals surface area contributed by atoms with Crippen LogP contribution in [0.1, 0.15) is 19.4 Å². The van der Waals surface area contributed by atoms with Crippen molar-refractivity contribution in [3.8, 4) is 11.5 Å². The number of ether oxygens (including phenoxy) is 2. The number of hydrazone groups is 1. The number of thiocarbonyl (C=S) groups is 1. The van der Waals surface area contributed by atoms with E-state index in [-0.39, 0.29) is 0 Å². The largest absolute Gasteiger partial charge is 0.495 e. The first kappa shape index (κ1) is 17.7. The SMILES string of the molecule is CCOc1ccc(/C(C)=N\NC(=S)Nc2ccccc2OC)cc1. The lowest BCUT2D eigenvalue weighted by atomic mass is 10.1. The maximum atomic E-state index is 5.43. The number of anilines is 1. The van der Waals surface area contributed by atoms with Crippen molar-refractivity contribution in [1.29, 1.82) is 0 Å². The second kappa shape index (κ2) is 8.88. The Morgan fingerprint density at radius 3 is 2.50 bits per heavy atom. The Morgan fingerprint density at radius 1 is 1.12 bits per heavy atom. The zero-order chi connectivity index (χ0) is 17.4. The van der Waals surface area contributed by atoms with Gasteiger partial charge in [0.15, 0.2) is 5.11 Å². The van der Waals surface area contributed by atoms with Crippen LogP contribution in [0.15, 0.2) is 53.6 Å². The summed E-state index contributed by atoms with van der Waals surface area (Å²) in [6, 6.07) is 15.3. The summed E-state index contributed by atoms with van der Waals surface area (Å²) in [7, 11) is 1.62. The molecule has 0 bridgehead atoms. The molecule has 0 radical (unpaired) electrons. The van der Waals surface area contributed by atoms with Gasteiger partial charge in [-0.2, -0.15) is 5.10 Å². The van der Waals surface area contributed by atoms with Gasteiger partial charge in [0.25, 0.3) is 0 Å². The minimum atomic E-state index is 0.393. The van der Waals surface area contributed by atoms with Gasteiger partial charge in [0, 0.05) is 0 Å². The number of benzene rings is 2. The van der Waals surface area contributed by atoms with Crippen molar-refractivity contribution >= 4 is 28.7 Å². The van der Waals surface area contributed by atoms with Gasteiger partial charge in [-0.05, 0) is 68.0 Å². The van der Waals surface area contributed by atoms with Crippen molar-refractivity contribution in [3.05, 3.63) is 54.1 Å². The molecule has 0 fully saturated rings. The fraction of sp³-hybridized carbons (Fsp3) is 0.222. The molecule has 0 spiro atoms. The van der Waals surface area contributed by atoms with Gasteiger partial charge in [0.2, 0.25) is 0 Å². The third-order valence-electron chi connectivity index (χ3n) is 3.26. The number of hydrogen-bond acceptors (Lipinski definition) is 4. The molecule has 24 heavy (non-hydrogen) atoms. The molecule has 2 aromatic rings. The minimum absolute atomic E-state index is 0.393. The molecular weight excluding hydrogens is 322 g/mol. The number of nitrogens with zero attached hydrogens (tertiary/aromatic N) is 1. The monoisotopic (exact) mass is 343 g/mol. The Kier molecular flexibility index (Phi) is 6.57. The van der Waals surface area contributed by atoms with E-state index in [1.807, 2.05) is 62.4 Å². The summed E-state index contributed by atoms with van der Waals surface area (Å²) in [5.74, 6) is 1.56. The summed E-state index contributed by atoms with van der Waals surface area (Å²) >= 11 is 5.26. The van der Waals surface area contributed by atoms with Gasteiger partial charge in [0.05, 0.1) is 25.1 Å². The molecule has 0 unspecified atom stereocenters. The van der Waals surface area contributed by atoms with Crippen LogP contribution in [0.2, 0.25) is 0 Å². The van der Waals surface area contributed by atoms with E-state index < -0.39 is 0 Å². The van der Waals surface area contributed by atoms with Crippen LogP contribution in [0.5, 0.6) is 11.5 Å². The molecule has 0 amide bonds. The number of nitrogens with one attached hydrogen (secondary N) is 2.